The average Bonchev–Trinajstić information content (AvgIpc) is 2.16. The third-order valence-electron chi connectivity index (χ3n) is 1.97. The predicted octanol–water partition coefficient (Wildman–Crippen LogP) is 3.49. The van der Waals surface area contributed by atoms with Gasteiger partial charge in [0.15, 0.2) is 0 Å². The molecule has 0 fully saturated rings. The summed E-state index contributed by atoms with van der Waals surface area (Å²) in [6, 6.07) is 3.74. The van der Waals surface area contributed by atoms with Gasteiger partial charge in [-0.3, -0.25) is 0 Å². The van der Waals surface area contributed by atoms with E-state index in [4.69, 9.17) is 11.6 Å². The zero-order valence-corrected chi connectivity index (χ0v) is 9.30. The summed E-state index contributed by atoms with van der Waals surface area (Å²) < 4.78 is 39.8. The monoisotopic (exact) mass is 262 g/mol. The van der Waals surface area contributed by atoms with Crippen molar-refractivity contribution in [3.05, 3.63) is 29.2 Å². The Bertz CT molecular complexity index is 571. The first kappa shape index (κ1) is 11.9. The SMILES string of the molecule is Cc1nc(Cl)c2cc(OC(F)(F)F)ccc2n1. The average molecular weight is 263 g/mol. The number of rotatable bonds is 1. The minimum absolute atomic E-state index is 0.0973. The summed E-state index contributed by atoms with van der Waals surface area (Å²) in [4.78, 5) is 7.90. The van der Waals surface area contributed by atoms with Crippen molar-refractivity contribution < 1.29 is 17.9 Å². The van der Waals surface area contributed by atoms with Crippen LogP contribution < -0.4 is 4.74 Å². The summed E-state index contributed by atoms with van der Waals surface area (Å²) in [5.41, 5.74) is 0.469. The van der Waals surface area contributed by atoms with Gasteiger partial charge in [0.2, 0.25) is 0 Å². The van der Waals surface area contributed by atoms with Crippen LogP contribution in [0.15, 0.2) is 18.2 Å². The maximum Gasteiger partial charge on any atom is 0.573 e. The van der Waals surface area contributed by atoms with Crippen molar-refractivity contribution in [2.75, 3.05) is 0 Å². The second-order valence-corrected chi connectivity index (χ2v) is 3.65. The topological polar surface area (TPSA) is 35.0 Å². The molecule has 0 bridgehead atoms. The lowest BCUT2D eigenvalue weighted by atomic mass is 10.2. The van der Waals surface area contributed by atoms with Gasteiger partial charge >= 0.3 is 6.36 Å². The van der Waals surface area contributed by atoms with Crippen molar-refractivity contribution in [1.29, 1.82) is 0 Å². The number of benzene rings is 1. The molecule has 90 valence electrons. The largest absolute Gasteiger partial charge is 0.573 e. The van der Waals surface area contributed by atoms with E-state index in [0.29, 0.717) is 16.7 Å². The van der Waals surface area contributed by atoms with Gasteiger partial charge in [-0.2, -0.15) is 0 Å². The molecule has 1 heterocycles. The summed E-state index contributed by atoms with van der Waals surface area (Å²) in [5.74, 6) is 0.103. The van der Waals surface area contributed by atoms with Crippen molar-refractivity contribution in [3.8, 4) is 5.75 Å². The summed E-state index contributed by atoms with van der Waals surface area (Å²) in [5, 5.41) is 0.416. The minimum Gasteiger partial charge on any atom is -0.406 e. The van der Waals surface area contributed by atoms with Gasteiger partial charge in [0, 0.05) is 5.39 Å². The fourth-order valence-electron chi connectivity index (χ4n) is 1.38. The highest BCUT2D eigenvalue weighted by atomic mass is 35.5. The molecule has 0 radical (unpaired) electrons. The number of fused-ring (bicyclic) bond motifs is 1. The Kier molecular flexibility index (Phi) is 2.82. The predicted molar refractivity (Wildman–Crippen MR) is 56.0 cm³/mol. The number of hydrogen-bond acceptors (Lipinski definition) is 3. The molecule has 0 N–H and O–H groups in total. The second kappa shape index (κ2) is 4.03. The van der Waals surface area contributed by atoms with Gasteiger partial charge in [-0.05, 0) is 25.1 Å². The molecule has 17 heavy (non-hydrogen) atoms. The molecule has 7 heteroatoms. The van der Waals surface area contributed by atoms with Crippen molar-refractivity contribution in [3.63, 3.8) is 0 Å². The van der Waals surface area contributed by atoms with Crippen LogP contribution in [0, 0.1) is 6.92 Å². The Labute approximate surface area is 99.2 Å². The molecule has 0 saturated carbocycles. The lowest BCUT2D eigenvalue weighted by Crippen LogP contribution is -2.17. The molecule has 0 unspecified atom stereocenters. The third-order valence-corrected chi connectivity index (χ3v) is 2.25. The second-order valence-electron chi connectivity index (χ2n) is 3.29. The minimum atomic E-state index is -4.73. The quantitative estimate of drug-likeness (QED) is 0.738. The summed E-state index contributed by atoms with van der Waals surface area (Å²) in [7, 11) is 0. The number of nitrogens with zero attached hydrogens (tertiary/aromatic N) is 2. The van der Waals surface area contributed by atoms with Crippen molar-refractivity contribution in [2.45, 2.75) is 13.3 Å². The summed E-state index contributed by atoms with van der Waals surface area (Å²) in [6.07, 6.45) is -4.73. The van der Waals surface area contributed by atoms with E-state index in [1.165, 1.54) is 12.1 Å². The number of halogens is 4. The zero-order chi connectivity index (χ0) is 12.6. The highest BCUT2D eigenvalue weighted by molar-refractivity contribution is 6.34. The van der Waals surface area contributed by atoms with E-state index in [1.54, 1.807) is 6.92 Å². The number of hydrogen-bond donors (Lipinski definition) is 0. The van der Waals surface area contributed by atoms with Gasteiger partial charge in [0.1, 0.15) is 16.7 Å². The van der Waals surface area contributed by atoms with Crippen LogP contribution in [-0.4, -0.2) is 16.3 Å². The molecule has 0 atom stereocenters. The molecule has 0 amide bonds. The fourth-order valence-corrected chi connectivity index (χ4v) is 1.65. The summed E-state index contributed by atoms with van der Waals surface area (Å²) in [6.45, 7) is 1.64. The van der Waals surface area contributed by atoms with Crippen LogP contribution in [0.25, 0.3) is 10.9 Å². The molecule has 2 rings (SSSR count). The first-order valence-corrected chi connectivity index (χ1v) is 4.92. The van der Waals surface area contributed by atoms with Gasteiger partial charge in [0.05, 0.1) is 5.52 Å². The Hall–Kier alpha value is -1.56. The maximum absolute atomic E-state index is 12.0. The van der Waals surface area contributed by atoms with Crippen molar-refractivity contribution in [2.24, 2.45) is 0 Å². The molecular weight excluding hydrogens is 257 g/mol. The molecule has 3 nitrogen and oxygen atoms in total. The van der Waals surface area contributed by atoms with Gasteiger partial charge < -0.3 is 4.74 Å². The van der Waals surface area contributed by atoms with Crippen LogP contribution in [0.2, 0.25) is 5.15 Å². The van der Waals surface area contributed by atoms with E-state index in [2.05, 4.69) is 14.7 Å². The number of alkyl halides is 3. The zero-order valence-electron chi connectivity index (χ0n) is 8.55. The molecule has 1 aromatic heterocycles. The lowest BCUT2D eigenvalue weighted by Gasteiger charge is -2.09. The van der Waals surface area contributed by atoms with Gasteiger partial charge in [-0.25, -0.2) is 9.97 Å². The van der Waals surface area contributed by atoms with E-state index in [1.807, 2.05) is 0 Å². The molecule has 0 aliphatic carbocycles. The van der Waals surface area contributed by atoms with Gasteiger partial charge in [-0.1, -0.05) is 11.6 Å². The number of aromatic nitrogens is 2. The van der Waals surface area contributed by atoms with Crippen LogP contribution in [0.5, 0.6) is 5.75 Å². The lowest BCUT2D eigenvalue weighted by molar-refractivity contribution is -0.274. The Morgan fingerprint density at radius 1 is 1.24 bits per heavy atom. The Morgan fingerprint density at radius 2 is 1.94 bits per heavy atom. The highest BCUT2D eigenvalue weighted by Gasteiger charge is 2.31. The first-order chi connectivity index (χ1) is 7.85. The molecule has 0 aliphatic heterocycles. The smallest absolute Gasteiger partial charge is 0.406 e. The first-order valence-electron chi connectivity index (χ1n) is 4.55. The van der Waals surface area contributed by atoms with Gasteiger partial charge in [0.25, 0.3) is 0 Å². The number of aryl methyl sites for hydroxylation is 1. The van der Waals surface area contributed by atoms with Crippen LogP contribution in [0.3, 0.4) is 0 Å². The molecule has 1 aromatic carbocycles. The van der Waals surface area contributed by atoms with E-state index in [9.17, 15) is 13.2 Å². The van der Waals surface area contributed by atoms with Crippen LogP contribution in [-0.2, 0) is 0 Å². The Morgan fingerprint density at radius 3 is 2.59 bits per heavy atom. The fraction of sp³-hybridized carbons (Fsp3) is 0.200. The van der Waals surface area contributed by atoms with Crippen molar-refractivity contribution in [1.82, 2.24) is 9.97 Å². The van der Waals surface area contributed by atoms with Gasteiger partial charge in [-0.15, -0.1) is 13.2 Å². The molecule has 0 aliphatic rings. The van der Waals surface area contributed by atoms with Crippen LogP contribution in [0.1, 0.15) is 5.82 Å². The van der Waals surface area contributed by atoms with Crippen molar-refractivity contribution >= 4 is 22.5 Å². The van der Waals surface area contributed by atoms with E-state index >= 15 is 0 Å². The maximum atomic E-state index is 12.0. The van der Waals surface area contributed by atoms with E-state index in [-0.39, 0.29) is 10.9 Å². The highest BCUT2D eigenvalue weighted by Crippen LogP contribution is 2.28. The molecule has 2 aromatic rings. The standard InChI is InChI=1S/C10H6ClF3N2O/c1-5-15-8-3-2-6(17-10(12,13)14)4-7(8)9(11)16-5/h2-4H,1H3. The Balaban J connectivity index is 2.51. The number of ether oxygens (including phenoxy) is 1. The molecule has 0 saturated heterocycles. The normalized spacial score (nSPS) is 11.8. The third kappa shape index (κ3) is 2.76. The van der Waals surface area contributed by atoms with E-state index < -0.39 is 6.36 Å². The molecule has 0 spiro atoms. The summed E-state index contributed by atoms with van der Waals surface area (Å²) >= 11 is 5.82. The van der Waals surface area contributed by atoms with Crippen LogP contribution >= 0.6 is 11.6 Å². The molecular formula is C10H6ClF3N2O. The van der Waals surface area contributed by atoms with E-state index in [0.717, 1.165) is 6.07 Å². The van der Waals surface area contributed by atoms with Crippen LogP contribution in [0.4, 0.5) is 13.2 Å².